The summed E-state index contributed by atoms with van der Waals surface area (Å²) < 4.78 is 20.1. The molecule has 0 aliphatic carbocycles. The molecule has 3 aromatic rings. The van der Waals surface area contributed by atoms with Gasteiger partial charge in [0.05, 0.1) is 12.2 Å². The average molecular weight is 522 g/mol. The van der Waals surface area contributed by atoms with Crippen molar-refractivity contribution in [3.05, 3.63) is 98.2 Å². The van der Waals surface area contributed by atoms with Crippen LogP contribution in [0.15, 0.2) is 70.3 Å². The lowest BCUT2D eigenvalue weighted by Gasteiger charge is -2.37. The number of nitrogens with zero attached hydrogens (tertiary/aromatic N) is 2. The van der Waals surface area contributed by atoms with Gasteiger partial charge in [0.2, 0.25) is 12.2 Å². The number of benzene rings is 2. The Morgan fingerprint density at radius 1 is 0.974 bits per heavy atom. The first-order valence-electron chi connectivity index (χ1n) is 12.8. The molecule has 1 aromatic heterocycles. The minimum absolute atomic E-state index is 0.129. The molecule has 3 atom stereocenters. The van der Waals surface area contributed by atoms with Gasteiger partial charge in [-0.05, 0) is 23.5 Å². The second kappa shape index (κ2) is 12.1. The van der Waals surface area contributed by atoms with E-state index in [1.165, 1.54) is 11.6 Å². The predicted octanol–water partition coefficient (Wildman–Crippen LogP) is 3.83. The third kappa shape index (κ3) is 6.34. The van der Waals surface area contributed by atoms with Crippen LogP contribution in [0.1, 0.15) is 49.3 Å². The Kier molecular flexibility index (Phi) is 8.68. The second-order valence-corrected chi connectivity index (χ2v) is 10.1. The molecule has 1 amide bonds. The summed E-state index contributed by atoms with van der Waals surface area (Å²) in [5, 5.41) is 3.00. The van der Waals surface area contributed by atoms with Crippen molar-refractivity contribution in [2.24, 2.45) is 20.0 Å². The fraction of sp³-hybridized carbons (Fsp3) is 0.414. The van der Waals surface area contributed by atoms with Crippen LogP contribution in [-0.4, -0.2) is 27.6 Å². The number of aromatic nitrogens is 2. The second-order valence-electron chi connectivity index (χ2n) is 10.1. The number of hydrogen-bond acceptors (Lipinski definition) is 6. The first-order valence-corrected chi connectivity index (χ1v) is 12.8. The molecule has 1 N–H and O–H groups in total. The van der Waals surface area contributed by atoms with Crippen LogP contribution in [0.2, 0.25) is 0 Å². The molecule has 0 radical (unpaired) electrons. The Morgan fingerprint density at radius 3 is 2.18 bits per heavy atom. The lowest BCUT2D eigenvalue weighted by molar-refractivity contribution is -0.111. The smallest absolute Gasteiger partial charge is 0.407 e. The van der Waals surface area contributed by atoms with Crippen LogP contribution in [-0.2, 0) is 36.8 Å². The van der Waals surface area contributed by atoms with Crippen LogP contribution < -0.4 is 21.3 Å². The lowest BCUT2D eigenvalue weighted by atomic mass is 9.83. The van der Waals surface area contributed by atoms with Crippen molar-refractivity contribution in [3.8, 4) is 5.88 Å². The molecule has 38 heavy (non-hydrogen) atoms. The van der Waals surface area contributed by atoms with Gasteiger partial charge in [-0.1, -0.05) is 74.5 Å². The first-order chi connectivity index (χ1) is 18.2. The van der Waals surface area contributed by atoms with E-state index in [0.29, 0.717) is 25.0 Å². The molecule has 202 valence electrons. The highest BCUT2D eigenvalue weighted by Crippen LogP contribution is 2.37. The zero-order valence-electron chi connectivity index (χ0n) is 22.3. The van der Waals surface area contributed by atoms with Crippen molar-refractivity contribution in [1.29, 1.82) is 0 Å². The molecular weight excluding hydrogens is 486 g/mol. The molecule has 9 heteroatoms. The summed E-state index contributed by atoms with van der Waals surface area (Å²) in [5.74, 6) is -0.0851. The summed E-state index contributed by atoms with van der Waals surface area (Å²) in [6, 6.07) is 18.7. The maximum atomic E-state index is 13.4. The Bertz CT molecular complexity index is 1350. The SMILES string of the molecule is CC(C)CC(NC(=O)OCc1ccccc1)C1CC(OCc2ccccc2)Oc2c1c(=O)n(C)c(=O)n2C. The highest BCUT2D eigenvalue weighted by atomic mass is 16.7. The van der Waals surface area contributed by atoms with Gasteiger partial charge in [-0.15, -0.1) is 0 Å². The molecule has 0 saturated carbocycles. The third-order valence-electron chi connectivity index (χ3n) is 6.71. The molecule has 0 saturated heterocycles. The third-order valence-corrected chi connectivity index (χ3v) is 6.71. The van der Waals surface area contributed by atoms with E-state index in [-0.39, 0.29) is 18.4 Å². The number of ether oxygens (including phenoxy) is 3. The molecule has 2 aromatic carbocycles. The normalized spacial score (nSPS) is 17.4. The van der Waals surface area contributed by atoms with Crippen LogP contribution in [0, 0.1) is 5.92 Å². The fourth-order valence-electron chi connectivity index (χ4n) is 4.79. The first kappa shape index (κ1) is 27.2. The summed E-state index contributed by atoms with van der Waals surface area (Å²) in [6.45, 7) is 4.52. The number of rotatable bonds is 9. The minimum atomic E-state index is -0.720. The van der Waals surface area contributed by atoms with E-state index < -0.39 is 35.6 Å². The van der Waals surface area contributed by atoms with Crippen LogP contribution in [0.25, 0.3) is 0 Å². The van der Waals surface area contributed by atoms with E-state index in [2.05, 4.69) is 5.32 Å². The van der Waals surface area contributed by atoms with Crippen molar-refractivity contribution in [2.45, 2.75) is 58.2 Å². The van der Waals surface area contributed by atoms with Crippen molar-refractivity contribution in [1.82, 2.24) is 14.5 Å². The Hall–Kier alpha value is -3.85. The van der Waals surface area contributed by atoms with Crippen LogP contribution in [0.3, 0.4) is 0 Å². The standard InChI is InChI=1S/C29H35N3O6/c1-19(2)15-23(30-28(34)37-18-21-13-9-6-10-14-21)22-16-24(36-17-20-11-7-5-8-12-20)38-27-25(22)26(33)31(3)29(35)32(27)4/h5-14,19,22-24H,15-18H2,1-4H3,(H,30,34). The molecule has 9 nitrogen and oxygen atoms in total. The summed E-state index contributed by atoms with van der Waals surface area (Å²) in [5.41, 5.74) is 1.26. The topological polar surface area (TPSA) is 101 Å². The Labute approximate surface area is 222 Å². The zero-order chi connectivity index (χ0) is 27.2. The maximum Gasteiger partial charge on any atom is 0.407 e. The monoisotopic (exact) mass is 521 g/mol. The number of carbonyl (C=O) groups is 1. The van der Waals surface area contributed by atoms with Crippen LogP contribution in [0.4, 0.5) is 4.79 Å². The van der Waals surface area contributed by atoms with Gasteiger partial charge >= 0.3 is 11.8 Å². The van der Waals surface area contributed by atoms with E-state index in [1.807, 2.05) is 74.5 Å². The Morgan fingerprint density at radius 2 is 1.58 bits per heavy atom. The molecule has 3 unspecified atom stereocenters. The highest BCUT2D eigenvalue weighted by Gasteiger charge is 2.39. The van der Waals surface area contributed by atoms with E-state index in [9.17, 15) is 14.4 Å². The van der Waals surface area contributed by atoms with Gasteiger partial charge in [0.25, 0.3) is 5.56 Å². The van der Waals surface area contributed by atoms with Crippen LogP contribution >= 0.6 is 0 Å². The van der Waals surface area contributed by atoms with Gasteiger partial charge in [-0.3, -0.25) is 13.9 Å². The highest BCUT2D eigenvalue weighted by molar-refractivity contribution is 5.68. The molecule has 1 aliphatic rings. The number of carbonyl (C=O) groups excluding carboxylic acids is 1. The summed E-state index contributed by atoms with van der Waals surface area (Å²) in [4.78, 5) is 39.0. The number of amides is 1. The molecule has 0 bridgehead atoms. The van der Waals surface area contributed by atoms with Gasteiger partial charge in [0.15, 0.2) is 0 Å². The molecule has 2 heterocycles. The van der Waals surface area contributed by atoms with Crippen LogP contribution in [0.5, 0.6) is 5.88 Å². The van der Waals surface area contributed by atoms with Gasteiger partial charge in [-0.25, -0.2) is 9.59 Å². The maximum absolute atomic E-state index is 13.4. The quantitative estimate of drug-likeness (QED) is 0.459. The number of alkyl carbamates (subject to hydrolysis) is 1. The van der Waals surface area contributed by atoms with E-state index in [0.717, 1.165) is 15.7 Å². The van der Waals surface area contributed by atoms with Crippen molar-refractivity contribution < 1.29 is 19.0 Å². The molecule has 0 spiro atoms. The van der Waals surface area contributed by atoms with Crippen molar-refractivity contribution in [2.75, 3.05) is 0 Å². The van der Waals surface area contributed by atoms with Gasteiger partial charge < -0.3 is 19.5 Å². The fourth-order valence-corrected chi connectivity index (χ4v) is 4.79. The van der Waals surface area contributed by atoms with E-state index >= 15 is 0 Å². The van der Waals surface area contributed by atoms with Gasteiger partial charge in [0.1, 0.15) is 6.61 Å². The lowest BCUT2D eigenvalue weighted by Crippen LogP contribution is -2.49. The number of hydrogen-bond donors (Lipinski definition) is 1. The predicted molar refractivity (Wildman–Crippen MR) is 143 cm³/mol. The Balaban J connectivity index is 1.63. The van der Waals surface area contributed by atoms with E-state index in [4.69, 9.17) is 14.2 Å². The van der Waals surface area contributed by atoms with Crippen molar-refractivity contribution in [3.63, 3.8) is 0 Å². The molecule has 1 aliphatic heterocycles. The summed E-state index contributed by atoms with van der Waals surface area (Å²) >= 11 is 0. The number of nitrogens with one attached hydrogen (secondary N) is 1. The van der Waals surface area contributed by atoms with Gasteiger partial charge in [0, 0.05) is 32.5 Å². The molecule has 0 fully saturated rings. The minimum Gasteiger partial charge on any atom is -0.449 e. The zero-order valence-corrected chi connectivity index (χ0v) is 22.3. The summed E-state index contributed by atoms with van der Waals surface area (Å²) in [7, 11) is 3.01. The summed E-state index contributed by atoms with van der Waals surface area (Å²) in [6.07, 6.45) is -0.385. The van der Waals surface area contributed by atoms with E-state index in [1.54, 1.807) is 7.05 Å². The molecule has 4 rings (SSSR count). The average Bonchev–Trinajstić information content (AvgIpc) is 2.92. The van der Waals surface area contributed by atoms with Gasteiger partial charge in [-0.2, -0.15) is 0 Å². The van der Waals surface area contributed by atoms with Crippen molar-refractivity contribution >= 4 is 6.09 Å². The largest absolute Gasteiger partial charge is 0.449 e. The number of fused-ring (bicyclic) bond motifs is 1. The molecular formula is C29H35N3O6.